The van der Waals surface area contributed by atoms with Crippen LogP contribution in [0.15, 0.2) is 18.2 Å². The summed E-state index contributed by atoms with van der Waals surface area (Å²) in [6, 6.07) is 3.68. The number of amides is 1. The number of halogens is 2. The Morgan fingerprint density at radius 3 is 2.60 bits per heavy atom. The van der Waals surface area contributed by atoms with Crippen LogP contribution in [0.2, 0.25) is 0 Å². The Balaban J connectivity index is 1.81. The first-order valence-electron chi connectivity index (χ1n) is 9.31. The maximum absolute atomic E-state index is 13.6. The van der Waals surface area contributed by atoms with Gasteiger partial charge in [0.15, 0.2) is 0 Å². The molecule has 1 heterocycles. The third-order valence-corrected chi connectivity index (χ3v) is 5.19. The van der Waals surface area contributed by atoms with Crippen molar-refractivity contribution in [1.82, 2.24) is 10.2 Å². The molecule has 1 amide bonds. The number of benzene rings is 1. The Hall–Kier alpha value is -1.49. The lowest BCUT2D eigenvalue weighted by atomic mass is 9.94. The second-order valence-electron chi connectivity index (χ2n) is 7.57. The number of aryl methyl sites for hydroxylation is 1. The van der Waals surface area contributed by atoms with Gasteiger partial charge in [-0.2, -0.15) is 0 Å². The Kier molecular flexibility index (Phi) is 7.36. The number of piperidine rings is 1. The molecule has 5 heteroatoms. The van der Waals surface area contributed by atoms with Crippen molar-refractivity contribution in [3.63, 3.8) is 0 Å². The van der Waals surface area contributed by atoms with Gasteiger partial charge >= 0.3 is 0 Å². The van der Waals surface area contributed by atoms with E-state index in [1.165, 1.54) is 12.8 Å². The monoisotopic (exact) mass is 352 g/mol. The van der Waals surface area contributed by atoms with Gasteiger partial charge in [0, 0.05) is 19.0 Å². The molecule has 0 radical (unpaired) electrons. The van der Waals surface area contributed by atoms with E-state index in [-0.39, 0.29) is 24.3 Å². The van der Waals surface area contributed by atoms with E-state index < -0.39 is 11.6 Å². The molecular formula is C20H30F2N2O. The molecule has 3 nitrogen and oxygen atoms in total. The molecule has 1 aliphatic heterocycles. The highest BCUT2D eigenvalue weighted by Crippen LogP contribution is 2.21. The summed E-state index contributed by atoms with van der Waals surface area (Å²) in [4.78, 5) is 14.6. The second-order valence-corrected chi connectivity index (χ2v) is 7.57. The predicted molar refractivity (Wildman–Crippen MR) is 96.3 cm³/mol. The maximum atomic E-state index is 13.6. The van der Waals surface area contributed by atoms with Gasteiger partial charge in [-0.1, -0.05) is 20.8 Å². The third-order valence-electron chi connectivity index (χ3n) is 5.19. The van der Waals surface area contributed by atoms with Crippen LogP contribution in [-0.2, 0) is 11.2 Å². The first kappa shape index (κ1) is 19.8. The molecule has 1 saturated heterocycles. The maximum Gasteiger partial charge on any atom is 0.220 e. The minimum atomic E-state index is -0.476. The molecule has 0 bridgehead atoms. The molecule has 1 fully saturated rings. The van der Waals surface area contributed by atoms with Crippen LogP contribution in [0, 0.1) is 23.5 Å². The van der Waals surface area contributed by atoms with Crippen LogP contribution in [0.25, 0.3) is 0 Å². The van der Waals surface area contributed by atoms with E-state index >= 15 is 0 Å². The van der Waals surface area contributed by atoms with E-state index in [1.54, 1.807) is 0 Å². The van der Waals surface area contributed by atoms with Crippen molar-refractivity contribution >= 4 is 5.91 Å². The van der Waals surface area contributed by atoms with Crippen molar-refractivity contribution in [1.29, 1.82) is 0 Å². The van der Waals surface area contributed by atoms with E-state index in [9.17, 15) is 13.6 Å². The fourth-order valence-corrected chi connectivity index (χ4v) is 3.44. The van der Waals surface area contributed by atoms with Crippen LogP contribution >= 0.6 is 0 Å². The topological polar surface area (TPSA) is 32.3 Å². The number of hydrogen-bond acceptors (Lipinski definition) is 2. The van der Waals surface area contributed by atoms with Crippen molar-refractivity contribution in [2.75, 3.05) is 19.6 Å². The largest absolute Gasteiger partial charge is 0.355 e. The van der Waals surface area contributed by atoms with Crippen molar-refractivity contribution in [2.24, 2.45) is 11.8 Å². The number of likely N-dealkylation sites (tertiary alicyclic amines) is 1. The van der Waals surface area contributed by atoms with E-state index in [1.807, 2.05) is 0 Å². The summed E-state index contributed by atoms with van der Waals surface area (Å²) in [7, 11) is 0. The van der Waals surface area contributed by atoms with Gasteiger partial charge in [0.1, 0.15) is 11.6 Å². The van der Waals surface area contributed by atoms with Gasteiger partial charge in [-0.3, -0.25) is 9.69 Å². The highest BCUT2D eigenvalue weighted by molar-refractivity contribution is 5.76. The number of nitrogens with zero attached hydrogens (tertiary/aromatic N) is 1. The van der Waals surface area contributed by atoms with E-state index in [2.05, 4.69) is 31.0 Å². The van der Waals surface area contributed by atoms with Crippen molar-refractivity contribution in [3.8, 4) is 0 Å². The number of carbonyl (C=O) groups is 1. The van der Waals surface area contributed by atoms with Crippen molar-refractivity contribution in [3.05, 3.63) is 35.4 Å². The Morgan fingerprint density at radius 1 is 1.28 bits per heavy atom. The molecule has 1 unspecified atom stereocenters. The third kappa shape index (κ3) is 6.07. The van der Waals surface area contributed by atoms with Crippen LogP contribution in [0.5, 0.6) is 0 Å². The van der Waals surface area contributed by atoms with Gasteiger partial charge in [-0.15, -0.1) is 0 Å². The zero-order valence-corrected chi connectivity index (χ0v) is 15.5. The first-order chi connectivity index (χ1) is 11.9. The van der Waals surface area contributed by atoms with Crippen LogP contribution in [0.1, 0.15) is 45.6 Å². The normalized spacial score (nSPS) is 17.7. The zero-order chi connectivity index (χ0) is 18.4. The van der Waals surface area contributed by atoms with Gasteiger partial charge in [0.05, 0.1) is 0 Å². The lowest BCUT2D eigenvalue weighted by Gasteiger charge is -2.38. The van der Waals surface area contributed by atoms with Gasteiger partial charge in [0.25, 0.3) is 0 Å². The fourth-order valence-electron chi connectivity index (χ4n) is 3.44. The highest BCUT2D eigenvalue weighted by atomic mass is 19.1. The molecule has 1 aromatic rings. The minimum absolute atomic E-state index is 0.111. The van der Waals surface area contributed by atoms with Crippen LogP contribution in [-0.4, -0.2) is 36.5 Å². The molecule has 1 atom stereocenters. The molecular weight excluding hydrogens is 322 g/mol. The van der Waals surface area contributed by atoms with Crippen LogP contribution in [0.4, 0.5) is 8.78 Å². The average molecular weight is 352 g/mol. The number of carbonyl (C=O) groups excluding carboxylic acids is 1. The standard InChI is InChI=1S/C20H30F2N2O/c1-14(2)19(24-10-8-15(3)9-11-24)13-23-20(25)7-4-16-12-17(21)5-6-18(16)22/h5-6,12,14-15,19H,4,7-11,13H2,1-3H3,(H,23,25). The SMILES string of the molecule is CC1CCN(C(CNC(=O)CCc2cc(F)ccc2F)C(C)C)CC1. The lowest BCUT2D eigenvalue weighted by molar-refractivity contribution is -0.121. The lowest BCUT2D eigenvalue weighted by Crippen LogP contribution is -2.49. The molecule has 0 aromatic heterocycles. The van der Waals surface area contributed by atoms with Gasteiger partial charge in [0.2, 0.25) is 5.91 Å². The van der Waals surface area contributed by atoms with E-state index in [0.29, 0.717) is 18.5 Å². The molecule has 2 rings (SSSR count). The molecule has 0 saturated carbocycles. The minimum Gasteiger partial charge on any atom is -0.355 e. The molecule has 0 aliphatic carbocycles. The van der Waals surface area contributed by atoms with Crippen LogP contribution in [0.3, 0.4) is 0 Å². The Morgan fingerprint density at radius 2 is 1.96 bits per heavy atom. The molecule has 0 spiro atoms. The predicted octanol–water partition coefficient (Wildman–Crippen LogP) is 3.77. The molecule has 1 N–H and O–H groups in total. The summed E-state index contributed by atoms with van der Waals surface area (Å²) in [6.07, 6.45) is 2.79. The number of rotatable bonds is 7. The fraction of sp³-hybridized carbons (Fsp3) is 0.650. The summed E-state index contributed by atoms with van der Waals surface area (Å²) in [5.41, 5.74) is 0.251. The van der Waals surface area contributed by atoms with E-state index in [4.69, 9.17) is 0 Å². The smallest absolute Gasteiger partial charge is 0.220 e. The zero-order valence-electron chi connectivity index (χ0n) is 15.5. The average Bonchev–Trinajstić information content (AvgIpc) is 2.57. The van der Waals surface area contributed by atoms with Gasteiger partial charge in [-0.25, -0.2) is 8.78 Å². The van der Waals surface area contributed by atoms with Gasteiger partial charge in [-0.05, 0) is 68.0 Å². The Bertz CT molecular complexity index is 569. The van der Waals surface area contributed by atoms with Crippen molar-refractivity contribution in [2.45, 2.75) is 52.5 Å². The molecule has 140 valence electrons. The summed E-state index contributed by atoms with van der Waals surface area (Å²) in [5, 5.41) is 2.98. The quantitative estimate of drug-likeness (QED) is 0.810. The summed E-state index contributed by atoms with van der Waals surface area (Å²) < 4.78 is 26.8. The molecule has 1 aliphatic rings. The summed E-state index contributed by atoms with van der Waals surface area (Å²) in [6.45, 7) is 9.41. The van der Waals surface area contributed by atoms with Gasteiger partial charge < -0.3 is 5.32 Å². The number of hydrogen-bond donors (Lipinski definition) is 1. The van der Waals surface area contributed by atoms with Crippen LogP contribution < -0.4 is 5.32 Å². The van der Waals surface area contributed by atoms with E-state index in [0.717, 1.165) is 37.2 Å². The highest BCUT2D eigenvalue weighted by Gasteiger charge is 2.25. The van der Waals surface area contributed by atoms with Crippen molar-refractivity contribution < 1.29 is 13.6 Å². The first-order valence-corrected chi connectivity index (χ1v) is 9.31. The molecule has 25 heavy (non-hydrogen) atoms. The summed E-state index contributed by atoms with van der Waals surface area (Å²) in [5.74, 6) is 0.182. The second kappa shape index (κ2) is 9.27. The number of nitrogens with one attached hydrogen (secondary N) is 1. The molecule has 1 aromatic carbocycles. The summed E-state index contributed by atoms with van der Waals surface area (Å²) >= 11 is 0. The Labute approximate surface area is 149 Å².